The average molecular weight is 298 g/mol. The second-order valence-electron chi connectivity index (χ2n) is 5.92. The number of rotatable bonds is 3. The maximum absolute atomic E-state index is 14.0. The van der Waals surface area contributed by atoms with E-state index in [0.29, 0.717) is 6.07 Å². The molecule has 1 N–H and O–H groups in total. The van der Waals surface area contributed by atoms with Gasteiger partial charge in [0.15, 0.2) is 0 Å². The third kappa shape index (κ3) is 2.86. The normalized spacial score (nSPS) is 20.3. The molecule has 0 bridgehead atoms. The quantitative estimate of drug-likeness (QED) is 0.688. The highest BCUT2D eigenvalue weighted by Crippen LogP contribution is 2.37. The van der Waals surface area contributed by atoms with Gasteiger partial charge in [-0.05, 0) is 24.3 Å². The molecule has 0 heterocycles. The van der Waals surface area contributed by atoms with E-state index in [4.69, 9.17) is 0 Å². The van der Waals surface area contributed by atoms with Crippen molar-refractivity contribution in [2.75, 3.05) is 0 Å². The van der Waals surface area contributed by atoms with Crippen molar-refractivity contribution < 1.29 is 18.5 Å². The zero-order valence-corrected chi connectivity index (χ0v) is 11.8. The van der Waals surface area contributed by atoms with Gasteiger partial charge in [-0.3, -0.25) is 14.9 Å². The first-order valence-electron chi connectivity index (χ1n) is 6.67. The fraction of sp³-hybridized carbons (Fsp3) is 0.500. The molecule has 0 spiro atoms. The van der Waals surface area contributed by atoms with Crippen molar-refractivity contribution in [2.45, 2.75) is 39.2 Å². The molecule has 114 valence electrons. The number of carbonyl (C=O) groups excluding carboxylic acids is 1. The van der Waals surface area contributed by atoms with E-state index in [1.54, 1.807) is 0 Å². The van der Waals surface area contributed by atoms with Crippen LogP contribution in [0.4, 0.5) is 14.5 Å². The van der Waals surface area contributed by atoms with Gasteiger partial charge in [-0.15, -0.1) is 0 Å². The van der Waals surface area contributed by atoms with Crippen LogP contribution in [0.1, 0.15) is 43.5 Å². The monoisotopic (exact) mass is 298 g/mol. The molecule has 1 aromatic carbocycles. The van der Waals surface area contributed by atoms with Gasteiger partial charge in [-0.2, -0.15) is 4.39 Å². The molecule has 1 aliphatic carbocycles. The number of halogens is 2. The summed E-state index contributed by atoms with van der Waals surface area (Å²) in [5, 5.41) is 13.3. The lowest BCUT2D eigenvalue weighted by atomic mass is 9.87. The molecule has 0 aliphatic heterocycles. The lowest BCUT2D eigenvalue weighted by Crippen LogP contribution is -2.42. The molecule has 1 fully saturated rings. The fourth-order valence-electron chi connectivity index (χ4n) is 2.72. The van der Waals surface area contributed by atoms with Gasteiger partial charge < -0.3 is 5.32 Å². The van der Waals surface area contributed by atoms with E-state index in [-0.39, 0.29) is 11.5 Å². The average Bonchev–Trinajstić information content (AvgIpc) is 2.68. The molecule has 0 aromatic heterocycles. The van der Waals surface area contributed by atoms with Crippen molar-refractivity contribution in [1.82, 2.24) is 5.32 Å². The van der Waals surface area contributed by atoms with Crippen LogP contribution in [0, 0.1) is 27.2 Å². The van der Waals surface area contributed by atoms with E-state index in [9.17, 15) is 23.7 Å². The second-order valence-corrected chi connectivity index (χ2v) is 5.92. The van der Waals surface area contributed by atoms with Gasteiger partial charge in [0.2, 0.25) is 5.82 Å². The van der Waals surface area contributed by atoms with Crippen LogP contribution in [0.5, 0.6) is 0 Å². The lowest BCUT2D eigenvalue weighted by molar-refractivity contribution is -0.387. The molecule has 0 radical (unpaired) electrons. The predicted molar refractivity (Wildman–Crippen MR) is 71.9 cm³/mol. The molecule has 0 saturated heterocycles. The number of carbonyl (C=O) groups is 1. The van der Waals surface area contributed by atoms with Crippen LogP contribution < -0.4 is 5.32 Å². The van der Waals surface area contributed by atoms with E-state index < -0.39 is 33.7 Å². The molecular weight excluding hydrogens is 282 g/mol. The maximum Gasteiger partial charge on any atom is 0.305 e. The Morgan fingerprint density at radius 3 is 2.62 bits per heavy atom. The van der Waals surface area contributed by atoms with Gasteiger partial charge in [0, 0.05) is 12.1 Å². The van der Waals surface area contributed by atoms with Gasteiger partial charge in [0.25, 0.3) is 5.91 Å². The first kappa shape index (κ1) is 15.3. The Kier molecular flexibility index (Phi) is 3.93. The Labute approximate surface area is 120 Å². The van der Waals surface area contributed by atoms with Crippen LogP contribution in [0.25, 0.3) is 0 Å². The molecular formula is C14H16F2N2O3. The molecule has 2 rings (SSSR count). The summed E-state index contributed by atoms with van der Waals surface area (Å²) in [6, 6.07) is 1.24. The first-order chi connectivity index (χ1) is 9.74. The predicted octanol–water partition coefficient (Wildman–Crippen LogP) is 3.18. The van der Waals surface area contributed by atoms with Crippen LogP contribution in [0.15, 0.2) is 12.1 Å². The summed E-state index contributed by atoms with van der Waals surface area (Å²) >= 11 is 0. The Hall–Kier alpha value is -2.05. The Bertz CT molecular complexity index is 602. The minimum atomic E-state index is -1.44. The Morgan fingerprint density at radius 1 is 1.43 bits per heavy atom. The lowest BCUT2D eigenvalue weighted by Gasteiger charge is -2.27. The summed E-state index contributed by atoms with van der Waals surface area (Å²) in [6.45, 7) is 3.93. The maximum atomic E-state index is 14.0. The number of nitro benzene ring substituents is 1. The molecule has 1 aromatic rings. The van der Waals surface area contributed by atoms with Crippen LogP contribution in [0.2, 0.25) is 0 Å². The van der Waals surface area contributed by atoms with Gasteiger partial charge in [-0.25, -0.2) is 4.39 Å². The van der Waals surface area contributed by atoms with Crippen LogP contribution in [0.3, 0.4) is 0 Å². The summed E-state index contributed by atoms with van der Waals surface area (Å²) in [5.74, 6) is -3.49. The second kappa shape index (κ2) is 5.38. The largest absolute Gasteiger partial charge is 0.349 e. The molecule has 1 aliphatic rings. The third-order valence-corrected chi connectivity index (χ3v) is 4.06. The topological polar surface area (TPSA) is 72.2 Å². The smallest absolute Gasteiger partial charge is 0.305 e. The minimum Gasteiger partial charge on any atom is -0.349 e. The Morgan fingerprint density at radius 2 is 2.10 bits per heavy atom. The summed E-state index contributed by atoms with van der Waals surface area (Å²) in [6.07, 6.45) is 2.53. The number of benzene rings is 1. The zero-order valence-electron chi connectivity index (χ0n) is 11.8. The zero-order chi connectivity index (χ0) is 15.8. The minimum absolute atomic E-state index is 0.163. The van der Waals surface area contributed by atoms with Gasteiger partial charge in [-0.1, -0.05) is 20.3 Å². The van der Waals surface area contributed by atoms with Crippen molar-refractivity contribution in [3.63, 3.8) is 0 Å². The molecule has 1 unspecified atom stereocenters. The van der Waals surface area contributed by atoms with Crippen molar-refractivity contribution in [3.8, 4) is 0 Å². The Balaban J connectivity index is 2.31. The van der Waals surface area contributed by atoms with E-state index >= 15 is 0 Å². The summed E-state index contributed by atoms with van der Waals surface area (Å²) in [5.41, 5.74) is -1.97. The highest BCUT2D eigenvalue weighted by molar-refractivity contribution is 5.95. The highest BCUT2D eigenvalue weighted by atomic mass is 19.1. The van der Waals surface area contributed by atoms with Gasteiger partial charge in [0.1, 0.15) is 11.4 Å². The summed E-state index contributed by atoms with van der Waals surface area (Å²) in [7, 11) is 0. The number of hydrogen-bond acceptors (Lipinski definition) is 3. The van der Waals surface area contributed by atoms with Crippen LogP contribution in [-0.2, 0) is 0 Å². The van der Waals surface area contributed by atoms with Gasteiger partial charge >= 0.3 is 5.69 Å². The van der Waals surface area contributed by atoms with E-state index in [0.717, 1.165) is 25.3 Å². The standard InChI is InChI=1S/C14H16F2N2O3/c1-14(2)7-3-4-10(14)17-13(19)11-8(15)5-6-9(12(11)16)18(20)21/h5-6,10H,3-4,7H2,1-2H3,(H,17,19). The number of hydrogen-bond donors (Lipinski definition) is 1. The first-order valence-corrected chi connectivity index (χ1v) is 6.67. The summed E-state index contributed by atoms with van der Waals surface area (Å²) < 4.78 is 27.6. The molecule has 1 saturated carbocycles. The molecule has 1 amide bonds. The van der Waals surface area contributed by atoms with Crippen molar-refractivity contribution in [1.29, 1.82) is 0 Å². The van der Waals surface area contributed by atoms with Crippen molar-refractivity contribution >= 4 is 11.6 Å². The van der Waals surface area contributed by atoms with E-state index in [1.165, 1.54) is 0 Å². The molecule has 21 heavy (non-hydrogen) atoms. The van der Waals surface area contributed by atoms with E-state index in [1.807, 2.05) is 13.8 Å². The summed E-state index contributed by atoms with van der Waals surface area (Å²) in [4.78, 5) is 21.8. The fourth-order valence-corrected chi connectivity index (χ4v) is 2.72. The number of nitro groups is 1. The SMILES string of the molecule is CC1(C)CCCC1NC(=O)c1c(F)ccc([N+](=O)[O-])c1F. The van der Waals surface area contributed by atoms with Crippen LogP contribution >= 0.6 is 0 Å². The number of nitrogens with one attached hydrogen (secondary N) is 1. The van der Waals surface area contributed by atoms with Gasteiger partial charge in [0.05, 0.1) is 4.92 Å². The highest BCUT2D eigenvalue weighted by Gasteiger charge is 2.37. The molecule has 1 atom stereocenters. The van der Waals surface area contributed by atoms with Crippen molar-refractivity contribution in [3.05, 3.63) is 39.4 Å². The molecule has 7 heteroatoms. The van der Waals surface area contributed by atoms with E-state index in [2.05, 4.69) is 5.32 Å². The number of nitrogens with zero attached hydrogens (tertiary/aromatic N) is 1. The van der Waals surface area contributed by atoms with Crippen LogP contribution in [-0.4, -0.2) is 16.9 Å². The van der Waals surface area contributed by atoms with Crippen molar-refractivity contribution in [2.24, 2.45) is 5.41 Å². The third-order valence-electron chi connectivity index (χ3n) is 4.06. The molecule has 5 nitrogen and oxygen atoms in total. The number of amides is 1.